The number of fused-ring (bicyclic) bond motifs is 3. The highest BCUT2D eigenvalue weighted by Crippen LogP contribution is 2.30. The zero-order chi connectivity index (χ0) is 20.9. The van der Waals surface area contributed by atoms with Crippen LogP contribution in [0.1, 0.15) is 57.6 Å². The molecule has 5 nitrogen and oxygen atoms in total. The predicted molar refractivity (Wildman–Crippen MR) is 125 cm³/mol. The van der Waals surface area contributed by atoms with E-state index in [1.54, 1.807) is 0 Å². The molecule has 0 fully saturated rings. The summed E-state index contributed by atoms with van der Waals surface area (Å²) in [6.07, 6.45) is 6.76. The maximum absolute atomic E-state index is 4.87. The fourth-order valence-corrected chi connectivity index (χ4v) is 5.12. The molecule has 2 aliphatic carbocycles. The summed E-state index contributed by atoms with van der Waals surface area (Å²) in [6.45, 7) is 4.34. The van der Waals surface area contributed by atoms with Crippen molar-refractivity contribution in [1.29, 1.82) is 0 Å². The number of anilines is 1. The summed E-state index contributed by atoms with van der Waals surface area (Å²) in [4.78, 5) is 19.4. The highest BCUT2D eigenvalue weighted by molar-refractivity contribution is 6.26. The number of benzene rings is 1. The van der Waals surface area contributed by atoms with E-state index in [0.29, 0.717) is 5.84 Å². The second kappa shape index (κ2) is 7.12. The van der Waals surface area contributed by atoms with E-state index in [1.165, 1.54) is 46.5 Å². The highest BCUT2D eigenvalue weighted by Gasteiger charge is 2.24. The van der Waals surface area contributed by atoms with Gasteiger partial charge in [-0.15, -0.1) is 0 Å². The number of rotatable bonds is 2. The summed E-state index contributed by atoms with van der Waals surface area (Å²) in [5, 5.41) is 3.47. The van der Waals surface area contributed by atoms with E-state index in [4.69, 9.17) is 20.0 Å². The van der Waals surface area contributed by atoms with Crippen molar-refractivity contribution >= 4 is 23.3 Å². The van der Waals surface area contributed by atoms with Crippen LogP contribution in [0.15, 0.2) is 46.4 Å². The minimum absolute atomic E-state index is 0.709. The van der Waals surface area contributed by atoms with Gasteiger partial charge in [0, 0.05) is 22.5 Å². The van der Waals surface area contributed by atoms with Gasteiger partial charge in [0.05, 0.1) is 0 Å². The van der Waals surface area contributed by atoms with E-state index in [-0.39, 0.29) is 0 Å². The van der Waals surface area contributed by atoms with Gasteiger partial charge in [-0.05, 0) is 86.8 Å². The molecule has 6 rings (SSSR count). The topological polar surface area (TPSA) is 62.5 Å². The molecule has 0 saturated carbocycles. The quantitative estimate of drug-likeness (QED) is 0.649. The molecule has 0 spiro atoms. The summed E-state index contributed by atoms with van der Waals surface area (Å²) < 4.78 is 0. The van der Waals surface area contributed by atoms with E-state index >= 15 is 0 Å². The van der Waals surface area contributed by atoms with Crippen molar-refractivity contribution < 1.29 is 0 Å². The molecule has 5 heteroatoms. The molecule has 0 amide bonds. The lowest BCUT2D eigenvalue weighted by Crippen LogP contribution is -2.13. The van der Waals surface area contributed by atoms with E-state index in [1.807, 2.05) is 12.1 Å². The molecule has 3 heterocycles. The molecule has 2 aromatic heterocycles. The van der Waals surface area contributed by atoms with Crippen LogP contribution in [-0.4, -0.2) is 21.6 Å². The van der Waals surface area contributed by atoms with Crippen molar-refractivity contribution in [3.05, 3.63) is 81.2 Å². The van der Waals surface area contributed by atoms with Gasteiger partial charge in [-0.3, -0.25) is 0 Å². The monoisotopic (exact) mass is 407 g/mol. The van der Waals surface area contributed by atoms with Crippen LogP contribution in [0.2, 0.25) is 0 Å². The Morgan fingerprint density at radius 1 is 0.806 bits per heavy atom. The van der Waals surface area contributed by atoms with Gasteiger partial charge >= 0.3 is 0 Å². The van der Waals surface area contributed by atoms with Crippen molar-refractivity contribution in [3.8, 4) is 0 Å². The number of hydrogen-bond acceptors (Lipinski definition) is 4. The Labute approximate surface area is 182 Å². The van der Waals surface area contributed by atoms with Gasteiger partial charge in [0.1, 0.15) is 11.7 Å². The van der Waals surface area contributed by atoms with Crippen LogP contribution in [0.25, 0.3) is 0 Å². The zero-order valence-electron chi connectivity index (χ0n) is 18.0. The van der Waals surface area contributed by atoms with Crippen LogP contribution in [-0.2, 0) is 25.7 Å². The van der Waals surface area contributed by atoms with Gasteiger partial charge in [-0.1, -0.05) is 24.3 Å². The summed E-state index contributed by atoms with van der Waals surface area (Å²) in [6, 6.07) is 12.5. The number of nitrogens with one attached hydrogen (secondary N) is 1. The SMILES string of the molecule is Cc1cc(N=C2N=C(Nc3cc(C)c4c(n3)CCC4)c3ccccc32)nc2c1CCC2. The Hall–Kier alpha value is -3.34. The predicted octanol–water partition coefficient (Wildman–Crippen LogP) is 5.02. The van der Waals surface area contributed by atoms with Gasteiger partial charge < -0.3 is 5.32 Å². The van der Waals surface area contributed by atoms with E-state index in [2.05, 4.69) is 43.4 Å². The van der Waals surface area contributed by atoms with Gasteiger partial charge in [0.15, 0.2) is 11.7 Å². The fraction of sp³-hybridized carbons (Fsp3) is 0.308. The molecule has 0 saturated heterocycles. The first-order valence-corrected chi connectivity index (χ1v) is 11.2. The Morgan fingerprint density at radius 2 is 1.48 bits per heavy atom. The Morgan fingerprint density at radius 3 is 2.26 bits per heavy atom. The molecule has 31 heavy (non-hydrogen) atoms. The van der Waals surface area contributed by atoms with Crippen molar-refractivity contribution in [2.24, 2.45) is 9.98 Å². The van der Waals surface area contributed by atoms with E-state index in [9.17, 15) is 0 Å². The first kappa shape index (κ1) is 18.4. The number of pyridine rings is 2. The van der Waals surface area contributed by atoms with Crippen molar-refractivity contribution in [3.63, 3.8) is 0 Å². The number of aryl methyl sites for hydroxylation is 4. The average Bonchev–Trinajstić information content (AvgIpc) is 3.48. The largest absolute Gasteiger partial charge is 0.324 e. The summed E-state index contributed by atoms with van der Waals surface area (Å²) in [5.74, 6) is 3.12. The molecular formula is C26H25N5. The lowest BCUT2D eigenvalue weighted by atomic mass is 10.1. The average molecular weight is 408 g/mol. The molecule has 3 aliphatic rings. The molecule has 0 bridgehead atoms. The molecule has 3 aromatic rings. The minimum Gasteiger partial charge on any atom is -0.324 e. The smallest absolute Gasteiger partial charge is 0.164 e. The summed E-state index contributed by atoms with van der Waals surface area (Å²) in [5.41, 5.74) is 9.92. The molecule has 0 atom stereocenters. The first-order chi connectivity index (χ1) is 15.2. The molecule has 0 unspecified atom stereocenters. The fourth-order valence-electron chi connectivity index (χ4n) is 5.12. The Kier molecular flexibility index (Phi) is 4.23. The van der Waals surface area contributed by atoms with Crippen LogP contribution < -0.4 is 5.32 Å². The van der Waals surface area contributed by atoms with Crippen LogP contribution >= 0.6 is 0 Å². The van der Waals surface area contributed by atoms with Crippen LogP contribution in [0.3, 0.4) is 0 Å². The van der Waals surface area contributed by atoms with Gasteiger partial charge in [0.2, 0.25) is 0 Å². The lowest BCUT2D eigenvalue weighted by molar-refractivity contribution is 0.898. The van der Waals surface area contributed by atoms with Crippen LogP contribution in [0.5, 0.6) is 0 Å². The normalized spacial score (nSPS) is 17.5. The minimum atomic E-state index is 0.709. The lowest BCUT2D eigenvalue weighted by Gasteiger charge is -2.10. The number of hydrogen-bond donors (Lipinski definition) is 1. The van der Waals surface area contributed by atoms with Crippen LogP contribution in [0.4, 0.5) is 11.6 Å². The van der Waals surface area contributed by atoms with Crippen molar-refractivity contribution in [2.45, 2.75) is 52.4 Å². The molecule has 1 N–H and O–H groups in total. The number of nitrogens with zero attached hydrogens (tertiary/aromatic N) is 4. The first-order valence-electron chi connectivity index (χ1n) is 11.2. The highest BCUT2D eigenvalue weighted by atomic mass is 15.1. The number of aliphatic imine (C=N–C) groups is 2. The molecule has 154 valence electrons. The van der Waals surface area contributed by atoms with Gasteiger partial charge in [0.25, 0.3) is 0 Å². The third kappa shape index (κ3) is 3.16. The summed E-state index contributed by atoms with van der Waals surface area (Å²) >= 11 is 0. The van der Waals surface area contributed by atoms with Crippen molar-refractivity contribution in [1.82, 2.24) is 9.97 Å². The van der Waals surface area contributed by atoms with E-state index in [0.717, 1.165) is 54.3 Å². The van der Waals surface area contributed by atoms with Gasteiger partial charge in [-0.25, -0.2) is 20.0 Å². The Bertz CT molecular complexity index is 1290. The third-order valence-electron chi connectivity index (χ3n) is 6.64. The maximum atomic E-state index is 4.87. The zero-order valence-corrected chi connectivity index (χ0v) is 18.0. The Balaban J connectivity index is 1.39. The van der Waals surface area contributed by atoms with Crippen molar-refractivity contribution in [2.75, 3.05) is 5.32 Å². The molecular weight excluding hydrogens is 382 g/mol. The second-order valence-electron chi connectivity index (χ2n) is 8.75. The molecule has 1 aromatic carbocycles. The standard InChI is InChI=1S/C26H25N5/c1-15-13-23(27-21-11-5-9-17(15)21)29-25-19-7-3-4-8-20(19)26(31-25)30-24-14-16(2)18-10-6-12-22(18)28-24/h3-4,7-8,13-14H,5-6,9-12H2,1-2H3,(H,27,28,29,30,31). The third-order valence-corrected chi connectivity index (χ3v) is 6.64. The number of aromatic nitrogens is 2. The second-order valence-corrected chi connectivity index (χ2v) is 8.75. The molecule has 1 aliphatic heterocycles. The summed E-state index contributed by atoms with van der Waals surface area (Å²) in [7, 11) is 0. The molecule has 0 radical (unpaired) electrons. The van der Waals surface area contributed by atoms with Crippen LogP contribution in [0, 0.1) is 13.8 Å². The number of amidine groups is 2. The maximum Gasteiger partial charge on any atom is 0.164 e. The van der Waals surface area contributed by atoms with Gasteiger partial charge in [-0.2, -0.15) is 0 Å². The van der Waals surface area contributed by atoms with E-state index < -0.39 is 0 Å².